The van der Waals surface area contributed by atoms with Crippen LogP contribution in [0.4, 0.5) is 5.69 Å². The number of rotatable bonds is 6. The van der Waals surface area contributed by atoms with Gasteiger partial charge in [-0.1, -0.05) is 18.2 Å². The summed E-state index contributed by atoms with van der Waals surface area (Å²) in [5.74, 6) is -1.13. The van der Waals surface area contributed by atoms with E-state index in [-0.39, 0.29) is 17.1 Å². The van der Waals surface area contributed by atoms with Crippen molar-refractivity contribution in [2.45, 2.75) is 19.9 Å². The summed E-state index contributed by atoms with van der Waals surface area (Å²) in [7, 11) is 3.04. The molecule has 8 heteroatoms. The average Bonchev–Trinajstić information content (AvgIpc) is 3.13. The number of aliphatic hydroxyl groups excluding tert-OH is 1. The summed E-state index contributed by atoms with van der Waals surface area (Å²) in [4.78, 5) is 39.6. The largest absolute Gasteiger partial charge is 0.507 e. The SMILES string of the molecule is COc1cccc(N2C(=O)C(=O)/C(=C(/O)c3ccc(OC)c(C)c3)C2c2cccc(OC(C)=O)c2)c1. The standard InChI is InChI=1S/C28H25NO7/c1-16-13-19(11-12-23(16)35-4)26(31)24-25(18-7-5-10-22(14-18)36-17(2)30)29(28(33)27(24)32)20-8-6-9-21(15-20)34-3/h5-15,25,31H,1-4H3/b26-24+. The third-order valence-electron chi connectivity index (χ3n) is 5.88. The van der Waals surface area contributed by atoms with Gasteiger partial charge in [-0.3, -0.25) is 19.3 Å². The smallest absolute Gasteiger partial charge is 0.308 e. The van der Waals surface area contributed by atoms with E-state index in [2.05, 4.69) is 0 Å². The van der Waals surface area contributed by atoms with E-state index in [0.717, 1.165) is 5.56 Å². The van der Waals surface area contributed by atoms with Crippen LogP contribution in [0.15, 0.2) is 72.3 Å². The molecule has 1 aliphatic rings. The third-order valence-corrected chi connectivity index (χ3v) is 5.88. The minimum Gasteiger partial charge on any atom is -0.507 e. The lowest BCUT2D eigenvalue weighted by molar-refractivity contribution is -0.132. The molecule has 1 aliphatic heterocycles. The molecule has 1 fully saturated rings. The second-order valence-electron chi connectivity index (χ2n) is 8.22. The molecular weight excluding hydrogens is 462 g/mol. The average molecular weight is 488 g/mol. The second kappa shape index (κ2) is 9.95. The Bertz CT molecular complexity index is 1390. The van der Waals surface area contributed by atoms with E-state index in [1.807, 2.05) is 6.92 Å². The van der Waals surface area contributed by atoms with Crippen LogP contribution in [-0.4, -0.2) is 37.0 Å². The van der Waals surface area contributed by atoms with Crippen LogP contribution >= 0.6 is 0 Å². The molecule has 1 heterocycles. The number of esters is 1. The fourth-order valence-electron chi connectivity index (χ4n) is 4.27. The van der Waals surface area contributed by atoms with Crippen LogP contribution in [0.1, 0.15) is 29.7 Å². The van der Waals surface area contributed by atoms with Crippen molar-refractivity contribution in [3.05, 3.63) is 89.0 Å². The monoisotopic (exact) mass is 487 g/mol. The van der Waals surface area contributed by atoms with Crippen LogP contribution in [0.25, 0.3) is 5.76 Å². The van der Waals surface area contributed by atoms with Gasteiger partial charge in [-0.15, -0.1) is 0 Å². The van der Waals surface area contributed by atoms with Gasteiger partial charge in [0.05, 0.1) is 25.8 Å². The Morgan fingerprint density at radius 1 is 0.917 bits per heavy atom. The number of ether oxygens (including phenoxy) is 3. The summed E-state index contributed by atoms with van der Waals surface area (Å²) in [6, 6.07) is 17.2. The number of carbonyl (C=O) groups excluding carboxylic acids is 3. The van der Waals surface area contributed by atoms with Gasteiger partial charge in [0.15, 0.2) is 0 Å². The summed E-state index contributed by atoms with van der Waals surface area (Å²) in [6.45, 7) is 3.09. The van der Waals surface area contributed by atoms with Gasteiger partial charge in [0.25, 0.3) is 11.7 Å². The van der Waals surface area contributed by atoms with Crippen molar-refractivity contribution in [2.24, 2.45) is 0 Å². The summed E-state index contributed by atoms with van der Waals surface area (Å²) in [6.07, 6.45) is 0. The predicted molar refractivity (Wildman–Crippen MR) is 133 cm³/mol. The van der Waals surface area contributed by atoms with Crippen LogP contribution in [-0.2, 0) is 14.4 Å². The molecule has 0 aliphatic carbocycles. The molecular formula is C28H25NO7. The number of nitrogens with zero attached hydrogens (tertiary/aromatic N) is 1. The fourth-order valence-corrected chi connectivity index (χ4v) is 4.27. The number of Topliss-reactive ketones (excluding diaryl/α,β-unsaturated/α-hetero) is 1. The van der Waals surface area contributed by atoms with Crippen molar-refractivity contribution < 1.29 is 33.7 Å². The van der Waals surface area contributed by atoms with Crippen LogP contribution in [0.3, 0.4) is 0 Å². The van der Waals surface area contributed by atoms with Crippen molar-refractivity contribution in [2.75, 3.05) is 19.1 Å². The molecule has 8 nitrogen and oxygen atoms in total. The normalized spacial score (nSPS) is 16.7. The molecule has 3 aromatic rings. The van der Waals surface area contributed by atoms with Crippen molar-refractivity contribution in [3.8, 4) is 17.2 Å². The Hall–Kier alpha value is -4.59. The molecule has 0 saturated carbocycles. The lowest BCUT2D eigenvalue weighted by atomic mass is 9.94. The second-order valence-corrected chi connectivity index (χ2v) is 8.22. The Balaban J connectivity index is 1.94. The molecule has 1 N–H and O–H groups in total. The Morgan fingerprint density at radius 3 is 2.31 bits per heavy atom. The number of hydrogen-bond acceptors (Lipinski definition) is 7. The van der Waals surface area contributed by atoms with Crippen LogP contribution < -0.4 is 19.1 Å². The van der Waals surface area contributed by atoms with Gasteiger partial charge >= 0.3 is 5.97 Å². The zero-order valence-electron chi connectivity index (χ0n) is 20.3. The van der Waals surface area contributed by atoms with Crippen LogP contribution in [0, 0.1) is 6.92 Å². The van der Waals surface area contributed by atoms with Gasteiger partial charge in [0.2, 0.25) is 0 Å². The molecule has 1 atom stereocenters. The summed E-state index contributed by atoms with van der Waals surface area (Å²) in [5.41, 5.74) is 1.90. The van der Waals surface area contributed by atoms with E-state index in [4.69, 9.17) is 14.2 Å². The number of anilines is 1. The highest BCUT2D eigenvalue weighted by Crippen LogP contribution is 2.43. The number of aliphatic hydroxyl groups is 1. The highest BCUT2D eigenvalue weighted by atomic mass is 16.5. The van der Waals surface area contributed by atoms with E-state index in [1.54, 1.807) is 66.7 Å². The van der Waals surface area contributed by atoms with Gasteiger partial charge in [-0.25, -0.2) is 0 Å². The van der Waals surface area contributed by atoms with Crippen LogP contribution in [0.2, 0.25) is 0 Å². The number of methoxy groups -OCH3 is 2. The lowest BCUT2D eigenvalue weighted by Crippen LogP contribution is -2.29. The van der Waals surface area contributed by atoms with Crippen molar-refractivity contribution >= 4 is 29.1 Å². The first kappa shape index (κ1) is 24.5. The fraction of sp³-hybridized carbons (Fsp3) is 0.179. The van der Waals surface area contributed by atoms with E-state index in [1.165, 1.54) is 26.0 Å². The molecule has 0 aromatic heterocycles. The number of aryl methyl sites for hydroxylation is 1. The third kappa shape index (κ3) is 4.53. The number of hydrogen-bond donors (Lipinski definition) is 1. The molecule has 1 unspecified atom stereocenters. The Morgan fingerprint density at radius 2 is 1.64 bits per heavy atom. The molecule has 0 spiro atoms. The Kier molecular flexibility index (Phi) is 6.78. The number of ketones is 1. The first-order chi connectivity index (χ1) is 17.2. The first-order valence-corrected chi connectivity index (χ1v) is 11.1. The zero-order valence-corrected chi connectivity index (χ0v) is 20.3. The quantitative estimate of drug-likeness (QED) is 0.179. The molecule has 184 valence electrons. The van der Waals surface area contributed by atoms with Crippen LogP contribution in [0.5, 0.6) is 17.2 Å². The molecule has 1 amide bonds. The zero-order chi connectivity index (χ0) is 26.0. The van der Waals surface area contributed by atoms with Gasteiger partial charge in [0.1, 0.15) is 23.0 Å². The number of carbonyl (C=O) groups is 3. The van der Waals surface area contributed by atoms with E-state index < -0.39 is 23.7 Å². The molecule has 36 heavy (non-hydrogen) atoms. The van der Waals surface area contributed by atoms with E-state index in [9.17, 15) is 19.5 Å². The van der Waals surface area contributed by atoms with Gasteiger partial charge < -0.3 is 19.3 Å². The highest BCUT2D eigenvalue weighted by Gasteiger charge is 2.47. The minimum absolute atomic E-state index is 0.0904. The van der Waals surface area contributed by atoms with E-state index >= 15 is 0 Å². The van der Waals surface area contributed by atoms with Crippen molar-refractivity contribution in [1.29, 1.82) is 0 Å². The molecule has 0 radical (unpaired) electrons. The first-order valence-electron chi connectivity index (χ1n) is 11.1. The maximum Gasteiger partial charge on any atom is 0.308 e. The Labute approximate surface area is 208 Å². The summed E-state index contributed by atoms with van der Waals surface area (Å²) < 4.78 is 15.8. The van der Waals surface area contributed by atoms with Gasteiger partial charge in [0, 0.05) is 24.2 Å². The van der Waals surface area contributed by atoms with Gasteiger partial charge in [-0.2, -0.15) is 0 Å². The number of benzene rings is 3. The van der Waals surface area contributed by atoms with Crippen molar-refractivity contribution in [3.63, 3.8) is 0 Å². The molecule has 0 bridgehead atoms. The highest BCUT2D eigenvalue weighted by molar-refractivity contribution is 6.51. The maximum absolute atomic E-state index is 13.4. The lowest BCUT2D eigenvalue weighted by Gasteiger charge is -2.26. The predicted octanol–water partition coefficient (Wildman–Crippen LogP) is 4.56. The number of amides is 1. The van der Waals surface area contributed by atoms with E-state index in [0.29, 0.717) is 28.3 Å². The summed E-state index contributed by atoms with van der Waals surface area (Å²) >= 11 is 0. The molecule has 4 rings (SSSR count). The topological polar surface area (TPSA) is 102 Å². The maximum atomic E-state index is 13.4. The minimum atomic E-state index is -0.991. The van der Waals surface area contributed by atoms with Crippen molar-refractivity contribution in [1.82, 2.24) is 0 Å². The summed E-state index contributed by atoms with van der Waals surface area (Å²) in [5, 5.41) is 11.3. The molecule has 1 saturated heterocycles. The molecule has 3 aromatic carbocycles. The van der Waals surface area contributed by atoms with Gasteiger partial charge in [-0.05, 0) is 60.5 Å².